The molecule has 8 heteroatoms. The van der Waals surface area contributed by atoms with Crippen LogP contribution in [0.25, 0.3) is 0 Å². The number of nitrogens with one attached hydrogen (secondary N) is 2. The summed E-state index contributed by atoms with van der Waals surface area (Å²) in [5.41, 5.74) is 5.52. The second-order valence-corrected chi connectivity index (χ2v) is 6.20. The number of aryl methyl sites for hydroxylation is 1. The third-order valence-corrected chi connectivity index (χ3v) is 3.73. The van der Waals surface area contributed by atoms with E-state index in [0.717, 1.165) is 10.0 Å². The van der Waals surface area contributed by atoms with Crippen molar-refractivity contribution in [1.82, 2.24) is 10.9 Å². The zero-order valence-electron chi connectivity index (χ0n) is 14.4. The van der Waals surface area contributed by atoms with Gasteiger partial charge in [-0.3, -0.25) is 20.4 Å². The van der Waals surface area contributed by atoms with Crippen molar-refractivity contribution in [2.24, 2.45) is 0 Å². The first-order valence-corrected chi connectivity index (χ1v) is 8.50. The molecule has 0 aromatic heterocycles. The number of hydrazine groups is 1. The number of carbonyl (C=O) groups excluding carboxylic acids is 2. The van der Waals surface area contributed by atoms with E-state index in [1.54, 1.807) is 36.4 Å². The van der Waals surface area contributed by atoms with E-state index in [4.69, 9.17) is 14.2 Å². The van der Waals surface area contributed by atoms with Gasteiger partial charge in [-0.05, 0) is 48.9 Å². The molecule has 2 rings (SSSR count). The standard InChI is InChI=1S/C18H19BrN2O5/c1-12-3-8-15(16(9-12)24-2)26-11-18(23)21-20-17(22)10-25-14-6-4-13(19)5-7-14/h3-9H,10-11H2,1-2H3,(H,20,22)(H,21,23). The van der Waals surface area contributed by atoms with Gasteiger partial charge in [0.15, 0.2) is 24.7 Å². The third kappa shape index (κ3) is 6.29. The lowest BCUT2D eigenvalue weighted by Gasteiger charge is -2.12. The maximum atomic E-state index is 11.8. The smallest absolute Gasteiger partial charge is 0.276 e. The first kappa shape index (κ1) is 19.6. The molecule has 0 saturated heterocycles. The van der Waals surface area contributed by atoms with E-state index in [1.807, 2.05) is 13.0 Å². The summed E-state index contributed by atoms with van der Waals surface area (Å²) < 4.78 is 16.8. The maximum Gasteiger partial charge on any atom is 0.276 e. The number of benzene rings is 2. The predicted octanol–water partition coefficient (Wildman–Crippen LogP) is 2.37. The van der Waals surface area contributed by atoms with E-state index in [1.165, 1.54) is 7.11 Å². The number of carbonyl (C=O) groups is 2. The molecule has 2 N–H and O–H groups in total. The van der Waals surface area contributed by atoms with Crippen molar-refractivity contribution in [2.75, 3.05) is 20.3 Å². The van der Waals surface area contributed by atoms with E-state index >= 15 is 0 Å². The summed E-state index contributed by atoms with van der Waals surface area (Å²) in [5, 5.41) is 0. The summed E-state index contributed by atoms with van der Waals surface area (Å²) in [5.74, 6) is 0.520. The second-order valence-electron chi connectivity index (χ2n) is 5.28. The highest BCUT2D eigenvalue weighted by Gasteiger charge is 2.09. The van der Waals surface area contributed by atoms with Crippen LogP contribution in [0, 0.1) is 6.92 Å². The lowest BCUT2D eigenvalue weighted by Crippen LogP contribution is -2.45. The minimum absolute atomic E-state index is 0.228. The minimum atomic E-state index is -0.510. The summed E-state index contributed by atoms with van der Waals surface area (Å²) in [6, 6.07) is 12.4. The van der Waals surface area contributed by atoms with Gasteiger partial charge in [-0.15, -0.1) is 0 Å². The van der Waals surface area contributed by atoms with Crippen molar-refractivity contribution in [3.8, 4) is 17.2 Å². The molecular weight excluding hydrogens is 404 g/mol. The molecule has 0 saturated carbocycles. The number of hydrogen-bond donors (Lipinski definition) is 2. The van der Waals surface area contributed by atoms with Gasteiger partial charge < -0.3 is 14.2 Å². The quantitative estimate of drug-likeness (QED) is 0.668. The Bertz CT molecular complexity index is 765. The lowest BCUT2D eigenvalue weighted by molar-refractivity contribution is -0.131. The normalized spacial score (nSPS) is 9.96. The average molecular weight is 423 g/mol. The molecular formula is C18H19BrN2O5. The molecule has 0 heterocycles. The topological polar surface area (TPSA) is 85.9 Å². The van der Waals surface area contributed by atoms with Gasteiger partial charge in [0.25, 0.3) is 11.8 Å². The predicted molar refractivity (Wildman–Crippen MR) is 99.1 cm³/mol. The Morgan fingerprint density at radius 2 is 1.54 bits per heavy atom. The fourth-order valence-corrected chi connectivity index (χ4v) is 2.19. The van der Waals surface area contributed by atoms with E-state index in [2.05, 4.69) is 26.8 Å². The summed E-state index contributed by atoms with van der Waals surface area (Å²) in [4.78, 5) is 23.4. The van der Waals surface area contributed by atoms with Crippen LogP contribution < -0.4 is 25.1 Å². The van der Waals surface area contributed by atoms with Crippen LogP contribution in [-0.4, -0.2) is 32.1 Å². The summed E-state index contributed by atoms with van der Waals surface area (Å²) in [7, 11) is 1.52. The molecule has 0 aliphatic carbocycles. The highest BCUT2D eigenvalue weighted by atomic mass is 79.9. The Labute approximate surface area is 159 Å². The van der Waals surface area contributed by atoms with Crippen LogP contribution in [0.5, 0.6) is 17.2 Å². The largest absolute Gasteiger partial charge is 0.493 e. The monoisotopic (exact) mass is 422 g/mol. The van der Waals surface area contributed by atoms with Crippen LogP contribution in [0.1, 0.15) is 5.56 Å². The Morgan fingerprint density at radius 1 is 0.923 bits per heavy atom. The van der Waals surface area contributed by atoms with Crippen LogP contribution in [0.2, 0.25) is 0 Å². The Kier molecular flexibility index (Phi) is 7.28. The summed E-state index contributed by atoms with van der Waals surface area (Å²) in [6.45, 7) is 1.42. The van der Waals surface area contributed by atoms with Crippen LogP contribution in [0.3, 0.4) is 0 Å². The van der Waals surface area contributed by atoms with Crippen molar-refractivity contribution in [1.29, 1.82) is 0 Å². The molecule has 2 aromatic rings. The molecule has 0 spiro atoms. The molecule has 138 valence electrons. The van der Waals surface area contributed by atoms with E-state index in [-0.39, 0.29) is 13.2 Å². The molecule has 0 atom stereocenters. The molecule has 2 amide bonds. The molecule has 7 nitrogen and oxygen atoms in total. The first-order valence-electron chi connectivity index (χ1n) is 7.71. The van der Waals surface area contributed by atoms with Gasteiger partial charge in [-0.2, -0.15) is 0 Å². The number of amides is 2. The highest BCUT2D eigenvalue weighted by molar-refractivity contribution is 9.10. The molecule has 0 fully saturated rings. The van der Waals surface area contributed by atoms with Gasteiger partial charge in [-0.1, -0.05) is 22.0 Å². The molecule has 0 aliphatic rings. The van der Waals surface area contributed by atoms with Gasteiger partial charge in [0.2, 0.25) is 0 Å². The van der Waals surface area contributed by atoms with Crippen LogP contribution in [0.4, 0.5) is 0 Å². The number of rotatable bonds is 7. The van der Waals surface area contributed by atoms with Crippen molar-refractivity contribution >= 4 is 27.7 Å². The molecule has 2 aromatic carbocycles. The van der Waals surface area contributed by atoms with E-state index < -0.39 is 11.8 Å². The fourth-order valence-electron chi connectivity index (χ4n) is 1.93. The van der Waals surface area contributed by atoms with Gasteiger partial charge >= 0.3 is 0 Å². The Balaban J connectivity index is 1.71. The third-order valence-electron chi connectivity index (χ3n) is 3.20. The Morgan fingerprint density at radius 3 is 2.15 bits per heavy atom. The molecule has 0 bridgehead atoms. The Hall–Kier alpha value is -2.74. The zero-order chi connectivity index (χ0) is 18.9. The molecule has 0 radical (unpaired) electrons. The first-order chi connectivity index (χ1) is 12.5. The van der Waals surface area contributed by atoms with Crippen LogP contribution in [-0.2, 0) is 9.59 Å². The maximum absolute atomic E-state index is 11.8. The second kappa shape index (κ2) is 9.67. The van der Waals surface area contributed by atoms with Crippen LogP contribution >= 0.6 is 15.9 Å². The van der Waals surface area contributed by atoms with E-state index in [9.17, 15) is 9.59 Å². The number of methoxy groups -OCH3 is 1. The minimum Gasteiger partial charge on any atom is -0.493 e. The van der Waals surface area contributed by atoms with Gasteiger partial charge in [0, 0.05) is 4.47 Å². The van der Waals surface area contributed by atoms with Gasteiger partial charge in [0.05, 0.1) is 7.11 Å². The molecule has 0 unspecified atom stereocenters. The van der Waals surface area contributed by atoms with Crippen molar-refractivity contribution in [3.63, 3.8) is 0 Å². The zero-order valence-corrected chi connectivity index (χ0v) is 16.0. The van der Waals surface area contributed by atoms with E-state index in [0.29, 0.717) is 17.2 Å². The number of halogens is 1. The number of hydrogen-bond acceptors (Lipinski definition) is 5. The van der Waals surface area contributed by atoms with Crippen molar-refractivity contribution in [2.45, 2.75) is 6.92 Å². The molecule has 26 heavy (non-hydrogen) atoms. The molecule has 0 aliphatic heterocycles. The van der Waals surface area contributed by atoms with Crippen molar-refractivity contribution in [3.05, 3.63) is 52.5 Å². The van der Waals surface area contributed by atoms with Crippen LogP contribution in [0.15, 0.2) is 46.9 Å². The number of ether oxygens (including phenoxy) is 3. The van der Waals surface area contributed by atoms with Crippen molar-refractivity contribution < 1.29 is 23.8 Å². The summed E-state index contributed by atoms with van der Waals surface area (Å²) in [6.07, 6.45) is 0. The lowest BCUT2D eigenvalue weighted by atomic mass is 10.2. The van der Waals surface area contributed by atoms with Gasteiger partial charge in [-0.25, -0.2) is 0 Å². The summed E-state index contributed by atoms with van der Waals surface area (Å²) >= 11 is 3.31. The highest BCUT2D eigenvalue weighted by Crippen LogP contribution is 2.27. The average Bonchev–Trinajstić information content (AvgIpc) is 2.64. The SMILES string of the molecule is COc1cc(C)ccc1OCC(=O)NNC(=O)COc1ccc(Br)cc1. The van der Waals surface area contributed by atoms with Gasteiger partial charge in [0.1, 0.15) is 5.75 Å². The fraction of sp³-hybridized carbons (Fsp3) is 0.222.